The van der Waals surface area contributed by atoms with Gasteiger partial charge in [-0.25, -0.2) is 0 Å². The molecule has 2 aliphatic carbocycles. The minimum absolute atomic E-state index is 0.469. The molecule has 0 saturated heterocycles. The van der Waals surface area contributed by atoms with Crippen molar-refractivity contribution >= 4 is 11.6 Å². The third kappa shape index (κ3) is 3.04. The van der Waals surface area contributed by atoms with Crippen molar-refractivity contribution in [2.45, 2.75) is 51.0 Å². The molecule has 1 N–H and O–H groups in total. The van der Waals surface area contributed by atoms with Crippen molar-refractivity contribution < 1.29 is 0 Å². The van der Waals surface area contributed by atoms with E-state index in [9.17, 15) is 0 Å². The maximum Gasteiger partial charge on any atom is 0.0409 e. The predicted octanol–water partition coefficient (Wildman–Crippen LogP) is 5.21. The molecule has 1 aromatic carbocycles. The van der Waals surface area contributed by atoms with Crippen LogP contribution in [0.25, 0.3) is 0 Å². The van der Waals surface area contributed by atoms with Crippen LogP contribution in [0, 0.1) is 17.8 Å². The molecule has 20 heavy (non-hydrogen) atoms. The third-order valence-electron chi connectivity index (χ3n) is 5.57. The zero-order valence-electron chi connectivity index (χ0n) is 12.4. The summed E-state index contributed by atoms with van der Waals surface area (Å²) in [5.74, 6) is 2.78. The Morgan fingerprint density at radius 3 is 2.65 bits per heavy atom. The molecule has 0 spiro atoms. The number of halogens is 1. The molecule has 0 aliphatic heterocycles. The van der Waals surface area contributed by atoms with Gasteiger partial charge in [0.25, 0.3) is 0 Å². The van der Waals surface area contributed by atoms with Gasteiger partial charge in [0, 0.05) is 11.1 Å². The fourth-order valence-corrected chi connectivity index (χ4v) is 4.79. The summed E-state index contributed by atoms with van der Waals surface area (Å²) in [5.41, 5.74) is 1.36. The highest BCUT2D eigenvalue weighted by Crippen LogP contribution is 2.46. The van der Waals surface area contributed by atoms with E-state index in [1.54, 1.807) is 0 Å². The monoisotopic (exact) mass is 291 g/mol. The molecule has 0 heterocycles. The van der Waals surface area contributed by atoms with Crippen molar-refractivity contribution in [1.29, 1.82) is 0 Å². The van der Waals surface area contributed by atoms with E-state index in [-0.39, 0.29) is 0 Å². The molecule has 0 aromatic heterocycles. The minimum atomic E-state index is 0.469. The van der Waals surface area contributed by atoms with Crippen LogP contribution < -0.4 is 5.32 Å². The smallest absolute Gasteiger partial charge is 0.0409 e. The van der Waals surface area contributed by atoms with Crippen LogP contribution in [0.1, 0.15) is 56.6 Å². The van der Waals surface area contributed by atoms with E-state index in [0.717, 1.165) is 22.8 Å². The van der Waals surface area contributed by atoms with E-state index in [4.69, 9.17) is 11.6 Å². The molecule has 0 amide bonds. The molecule has 2 saturated carbocycles. The summed E-state index contributed by atoms with van der Waals surface area (Å²) in [4.78, 5) is 0. The maximum absolute atomic E-state index is 6.17. The van der Waals surface area contributed by atoms with E-state index >= 15 is 0 Å². The molecule has 4 unspecified atom stereocenters. The molecular weight excluding hydrogens is 266 g/mol. The molecule has 3 rings (SSSR count). The van der Waals surface area contributed by atoms with E-state index in [0.29, 0.717) is 6.04 Å². The van der Waals surface area contributed by atoms with Crippen molar-refractivity contribution in [3.63, 3.8) is 0 Å². The third-order valence-corrected chi connectivity index (χ3v) is 5.81. The van der Waals surface area contributed by atoms with Crippen LogP contribution in [0.5, 0.6) is 0 Å². The summed E-state index contributed by atoms with van der Waals surface area (Å²) in [6.45, 7) is 0. The normalized spacial score (nSPS) is 31.6. The molecule has 1 nitrogen and oxygen atoms in total. The van der Waals surface area contributed by atoms with Gasteiger partial charge in [-0.2, -0.15) is 0 Å². The topological polar surface area (TPSA) is 12.0 Å². The number of hydrogen-bond donors (Lipinski definition) is 1. The van der Waals surface area contributed by atoms with Crippen LogP contribution >= 0.6 is 11.6 Å². The van der Waals surface area contributed by atoms with Gasteiger partial charge in [-0.1, -0.05) is 49.4 Å². The summed E-state index contributed by atoms with van der Waals surface area (Å²) in [6, 6.07) is 8.87. The summed E-state index contributed by atoms with van der Waals surface area (Å²) < 4.78 is 0. The van der Waals surface area contributed by atoms with Gasteiger partial charge in [-0.3, -0.25) is 0 Å². The van der Waals surface area contributed by atoms with Crippen molar-refractivity contribution in [2.24, 2.45) is 17.8 Å². The van der Waals surface area contributed by atoms with E-state index in [1.165, 1.54) is 50.5 Å². The number of rotatable bonds is 3. The Morgan fingerprint density at radius 1 is 1.10 bits per heavy atom. The van der Waals surface area contributed by atoms with Crippen LogP contribution in [0.2, 0.25) is 5.02 Å². The lowest BCUT2D eigenvalue weighted by atomic mass is 9.65. The Hall–Kier alpha value is -0.530. The average Bonchev–Trinajstić information content (AvgIpc) is 2.48. The minimum Gasteiger partial charge on any atom is -0.313 e. The Kier molecular flexibility index (Phi) is 4.68. The van der Waals surface area contributed by atoms with Gasteiger partial charge in [0.05, 0.1) is 0 Å². The molecule has 2 aliphatic rings. The van der Waals surface area contributed by atoms with Crippen molar-refractivity contribution in [3.8, 4) is 0 Å². The summed E-state index contributed by atoms with van der Waals surface area (Å²) in [6.07, 6.45) is 10.1. The lowest BCUT2D eigenvalue weighted by Crippen LogP contribution is -2.34. The number of fused-ring (bicyclic) bond motifs is 1. The van der Waals surface area contributed by atoms with Gasteiger partial charge < -0.3 is 5.32 Å². The maximum atomic E-state index is 6.17. The first-order valence-corrected chi connectivity index (χ1v) is 8.58. The highest BCUT2D eigenvalue weighted by atomic mass is 35.5. The fraction of sp³-hybridized carbons (Fsp3) is 0.667. The Labute approximate surface area is 128 Å². The summed E-state index contributed by atoms with van der Waals surface area (Å²) >= 11 is 6.17. The number of hydrogen-bond acceptors (Lipinski definition) is 1. The number of benzene rings is 1. The second kappa shape index (κ2) is 6.49. The van der Waals surface area contributed by atoms with Crippen LogP contribution in [0.15, 0.2) is 24.3 Å². The first-order valence-electron chi connectivity index (χ1n) is 8.20. The van der Waals surface area contributed by atoms with Crippen molar-refractivity contribution in [3.05, 3.63) is 34.9 Å². The van der Waals surface area contributed by atoms with Gasteiger partial charge in [0.1, 0.15) is 0 Å². The Balaban J connectivity index is 1.73. The second-order valence-electron chi connectivity index (χ2n) is 6.70. The van der Waals surface area contributed by atoms with Crippen molar-refractivity contribution in [2.75, 3.05) is 7.05 Å². The highest BCUT2D eigenvalue weighted by molar-refractivity contribution is 6.30. The zero-order chi connectivity index (χ0) is 13.9. The highest BCUT2D eigenvalue weighted by Gasteiger charge is 2.35. The summed E-state index contributed by atoms with van der Waals surface area (Å²) in [5, 5.41) is 4.41. The van der Waals surface area contributed by atoms with Gasteiger partial charge in [-0.15, -0.1) is 0 Å². The molecule has 1 aromatic rings. The molecular formula is C18H26ClN. The fourth-order valence-electron chi connectivity index (χ4n) is 4.59. The molecule has 4 atom stereocenters. The van der Waals surface area contributed by atoms with Gasteiger partial charge in [0.15, 0.2) is 0 Å². The van der Waals surface area contributed by atoms with Crippen LogP contribution in [-0.4, -0.2) is 7.05 Å². The average molecular weight is 292 g/mol. The van der Waals surface area contributed by atoms with E-state index < -0.39 is 0 Å². The molecule has 110 valence electrons. The molecule has 0 radical (unpaired) electrons. The second-order valence-corrected chi connectivity index (χ2v) is 7.14. The lowest BCUT2D eigenvalue weighted by molar-refractivity contribution is 0.111. The Morgan fingerprint density at radius 2 is 1.90 bits per heavy atom. The van der Waals surface area contributed by atoms with Gasteiger partial charge >= 0.3 is 0 Å². The molecule has 2 fully saturated rings. The first kappa shape index (κ1) is 14.4. The molecule has 2 heteroatoms. The van der Waals surface area contributed by atoms with Crippen LogP contribution in [-0.2, 0) is 0 Å². The summed E-state index contributed by atoms with van der Waals surface area (Å²) in [7, 11) is 2.10. The first-order chi connectivity index (χ1) is 9.78. The van der Waals surface area contributed by atoms with E-state index in [1.807, 2.05) is 6.07 Å². The molecule has 0 bridgehead atoms. The van der Waals surface area contributed by atoms with Gasteiger partial charge in [-0.05, 0) is 61.8 Å². The zero-order valence-corrected chi connectivity index (χ0v) is 13.2. The van der Waals surface area contributed by atoms with Gasteiger partial charge in [0.2, 0.25) is 0 Å². The largest absolute Gasteiger partial charge is 0.313 e. The van der Waals surface area contributed by atoms with Crippen LogP contribution in [0.4, 0.5) is 0 Å². The quantitative estimate of drug-likeness (QED) is 0.806. The van der Waals surface area contributed by atoms with Crippen LogP contribution in [0.3, 0.4) is 0 Å². The standard InChI is InChI=1S/C18H26ClN/c1-20-18(15-7-4-8-17(19)12-15)16-10-9-13-5-2-3-6-14(13)11-16/h4,7-8,12-14,16,18,20H,2-3,5-6,9-11H2,1H3. The van der Waals surface area contributed by atoms with Crippen molar-refractivity contribution in [1.82, 2.24) is 5.32 Å². The van der Waals surface area contributed by atoms with E-state index in [2.05, 4.69) is 30.6 Å². The Bertz CT molecular complexity index is 445. The SMILES string of the molecule is CNC(c1cccc(Cl)c1)C1CCC2CCCCC2C1. The number of nitrogens with one attached hydrogen (secondary N) is 1. The lowest BCUT2D eigenvalue weighted by Gasteiger charge is -2.42. The predicted molar refractivity (Wildman–Crippen MR) is 86.0 cm³/mol.